The maximum absolute atomic E-state index is 12.8. The zero-order valence-electron chi connectivity index (χ0n) is 16.6. The first-order valence-electron chi connectivity index (χ1n) is 9.76. The average molecular weight is 397 g/mol. The molecule has 2 heterocycles. The number of carbonyl (C=O) groups is 1. The number of hydrogen-bond donors (Lipinski definition) is 3. The minimum absolute atomic E-state index is 0. The van der Waals surface area contributed by atoms with Crippen LogP contribution >= 0.6 is 12.4 Å². The molecule has 0 aliphatic carbocycles. The van der Waals surface area contributed by atoms with Crippen LogP contribution in [0.4, 0.5) is 0 Å². The second kappa shape index (κ2) is 8.91. The van der Waals surface area contributed by atoms with E-state index in [-0.39, 0.29) is 30.5 Å². The molecule has 1 aromatic rings. The normalized spacial score (nSPS) is 27.2. The van der Waals surface area contributed by atoms with Gasteiger partial charge >= 0.3 is 0 Å². The van der Waals surface area contributed by atoms with Crippen molar-refractivity contribution in [1.82, 2.24) is 10.6 Å². The molecule has 3 N–H and O–H groups in total. The Morgan fingerprint density at radius 3 is 2.52 bits per heavy atom. The molecule has 0 unspecified atom stereocenters. The summed E-state index contributed by atoms with van der Waals surface area (Å²) in [6.07, 6.45) is 2.77. The third-order valence-corrected chi connectivity index (χ3v) is 5.75. The first-order chi connectivity index (χ1) is 12.3. The number of hydrogen-bond acceptors (Lipinski definition) is 4. The Labute approximate surface area is 168 Å². The van der Waals surface area contributed by atoms with Crippen LogP contribution in [0.3, 0.4) is 0 Å². The summed E-state index contributed by atoms with van der Waals surface area (Å²) < 4.78 is 6.01. The monoisotopic (exact) mass is 396 g/mol. The molecule has 27 heavy (non-hydrogen) atoms. The second-order valence-corrected chi connectivity index (χ2v) is 8.60. The summed E-state index contributed by atoms with van der Waals surface area (Å²) in [7, 11) is 0. The standard InChI is InChI=1S/C21H32N2O3.ClH/c1-15(2)12-16-4-6-17(7-5-16)19(25)23-20(3)14-21(26-13-18(20)24)8-10-22-11-9-21;/h4-7,15,18,22,24H,8-14H2,1-3H3,(H,23,25);1H/t18-,20-;/m0./s1. The van der Waals surface area contributed by atoms with E-state index in [1.54, 1.807) is 0 Å². The van der Waals surface area contributed by atoms with E-state index in [0.29, 0.717) is 17.9 Å². The van der Waals surface area contributed by atoms with Gasteiger partial charge in [-0.2, -0.15) is 0 Å². The first-order valence-corrected chi connectivity index (χ1v) is 9.76. The Bertz CT molecular complexity index is 629. The van der Waals surface area contributed by atoms with Gasteiger partial charge in [0.15, 0.2) is 0 Å². The predicted molar refractivity (Wildman–Crippen MR) is 110 cm³/mol. The smallest absolute Gasteiger partial charge is 0.251 e. The molecule has 6 heteroatoms. The fraction of sp³-hybridized carbons (Fsp3) is 0.667. The van der Waals surface area contributed by atoms with Crippen molar-refractivity contribution in [3.05, 3.63) is 35.4 Å². The van der Waals surface area contributed by atoms with E-state index in [9.17, 15) is 9.90 Å². The van der Waals surface area contributed by atoms with Gasteiger partial charge in [-0.1, -0.05) is 26.0 Å². The molecule has 2 aliphatic rings. The molecule has 0 saturated carbocycles. The molecule has 2 aliphatic heterocycles. The minimum atomic E-state index is -0.702. The molecule has 1 amide bonds. The molecule has 2 fully saturated rings. The van der Waals surface area contributed by atoms with Crippen LogP contribution in [0.25, 0.3) is 0 Å². The lowest BCUT2D eigenvalue weighted by Crippen LogP contribution is -2.65. The number of aliphatic hydroxyl groups is 1. The number of aliphatic hydroxyl groups excluding tert-OH is 1. The van der Waals surface area contributed by atoms with E-state index in [2.05, 4.69) is 24.5 Å². The number of carbonyl (C=O) groups excluding carboxylic acids is 1. The highest BCUT2D eigenvalue weighted by Crippen LogP contribution is 2.38. The number of amides is 1. The summed E-state index contributed by atoms with van der Waals surface area (Å²) in [6, 6.07) is 7.79. The van der Waals surface area contributed by atoms with Gasteiger partial charge in [0.25, 0.3) is 5.91 Å². The molecule has 3 rings (SSSR count). The van der Waals surface area contributed by atoms with Crippen molar-refractivity contribution in [3.8, 4) is 0 Å². The summed E-state index contributed by atoms with van der Waals surface area (Å²) in [5, 5.41) is 17.0. The molecule has 0 aromatic heterocycles. The molecule has 0 radical (unpaired) electrons. The molecule has 5 nitrogen and oxygen atoms in total. The van der Waals surface area contributed by atoms with Crippen LogP contribution in [0.15, 0.2) is 24.3 Å². The Kier molecular flexibility index (Phi) is 7.31. The Hall–Kier alpha value is -1.14. The maximum Gasteiger partial charge on any atom is 0.251 e. The van der Waals surface area contributed by atoms with Crippen LogP contribution in [-0.2, 0) is 11.2 Å². The van der Waals surface area contributed by atoms with Crippen LogP contribution in [0.1, 0.15) is 56.0 Å². The van der Waals surface area contributed by atoms with Gasteiger partial charge in [-0.3, -0.25) is 4.79 Å². The van der Waals surface area contributed by atoms with Crippen LogP contribution in [0.5, 0.6) is 0 Å². The molecule has 2 saturated heterocycles. The molecule has 1 spiro atoms. The van der Waals surface area contributed by atoms with E-state index >= 15 is 0 Å². The number of halogens is 1. The summed E-state index contributed by atoms with van der Waals surface area (Å²) in [6.45, 7) is 8.41. The van der Waals surface area contributed by atoms with Gasteiger partial charge < -0.3 is 20.5 Å². The molecule has 1 aromatic carbocycles. The summed E-state index contributed by atoms with van der Waals surface area (Å²) in [5.74, 6) is 0.459. The van der Waals surface area contributed by atoms with Crippen LogP contribution < -0.4 is 10.6 Å². The fourth-order valence-electron chi connectivity index (χ4n) is 4.20. The Morgan fingerprint density at radius 2 is 1.93 bits per heavy atom. The van der Waals surface area contributed by atoms with Crippen molar-refractivity contribution in [2.24, 2.45) is 5.92 Å². The lowest BCUT2D eigenvalue weighted by Gasteiger charge is -2.50. The first kappa shape index (κ1) is 22.2. The third-order valence-electron chi connectivity index (χ3n) is 5.75. The van der Waals surface area contributed by atoms with Crippen LogP contribution in [0.2, 0.25) is 0 Å². The van der Waals surface area contributed by atoms with E-state index in [1.165, 1.54) is 5.56 Å². The van der Waals surface area contributed by atoms with Crippen molar-refractivity contribution in [3.63, 3.8) is 0 Å². The minimum Gasteiger partial charge on any atom is -0.388 e. The molecule has 0 bridgehead atoms. The van der Waals surface area contributed by atoms with Crippen molar-refractivity contribution in [1.29, 1.82) is 0 Å². The van der Waals surface area contributed by atoms with Crippen molar-refractivity contribution in [2.45, 2.75) is 63.7 Å². The zero-order chi connectivity index (χ0) is 18.8. The third kappa shape index (κ3) is 5.23. The zero-order valence-corrected chi connectivity index (χ0v) is 17.4. The molecule has 2 atom stereocenters. The van der Waals surface area contributed by atoms with Crippen molar-refractivity contribution < 1.29 is 14.6 Å². The maximum atomic E-state index is 12.8. The molecular formula is C21H33ClN2O3. The predicted octanol–water partition coefficient (Wildman–Crippen LogP) is 2.70. The van der Waals surface area contributed by atoms with Gasteiger partial charge in [0.05, 0.1) is 17.7 Å². The summed E-state index contributed by atoms with van der Waals surface area (Å²) in [4.78, 5) is 12.8. The number of benzene rings is 1. The van der Waals surface area contributed by atoms with E-state index in [1.807, 2.05) is 31.2 Å². The van der Waals surface area contributed by atoms with Gasteiger partial charge in [0, 0.05) is 12.0 Å². The number of nitrogens with one attached hydrogen (secondary N) is 2. The fourth-order valence-corrected chi connectivity index (χ4v) is 4.20. The molecule has 152 valence electrons. The van der Waals surface area contributed by atoms with Gasteiger partial charge in [0.1, 0.15) is 6.10 Å². The number of piperidine rings is 1. The SMILES string of the molecule is CC(C)Cc1ccc(C(=O)N[C@@]2(C)CC3(CCNCC3)OC[C@@H]2O)cc1.Cl. The second-order valence-electron chi connectivity index (χ2n) is 8.60. The highest BCUT2D eigenvalue weighted by molar-refractivity contribution is 5.94. The van der Waals surface area contributed by atoms with Gasteiger partial charge in [-0.25, -0.2) is 0 Å². The summed E-state index contributed by atoms with van der Waals surface area (Å²) in [5.41, 5.74) is 0.955. The van der Waals surface area contributed by atoms with Gasteiger partial charge in [-0.15, -0.1) is 12.4 Å². The topological polar surface area (TPSA) is 70.6 Å². The van der Waals surface area contributed by atoms with Crippen LogP contribution in [0, 0.1) is 5.92 Å². The number of ether oxygens (including phenoxy) is 1. The molecular weight excluding hydrogens is 364 g/mol. The van der Waals surface area contributed by atoms with Crippen molar-refractivity contribution in [2.75, 3.05) is 19.7 Å². The van der Waals surface area contributed by atoms with Gasteiger partial charge in [-0.05, 0) is 62.9 Å². The number of rotatable bonds is 4. The van der Waals surface area contributed by atoms with Crippen LogP contribution in [-0.4, -0.2) is 48.0 Å². The van der Waals surface area contributed by atoms with Gasteiger partial charge in [0.2, 0.25) is 0 Å². The Morgan fingerprint density at radius 1 is 1.30 bits per heavy atom. The Balaban J connectivity index is 0.00000261. The van der Waals surface area contributed by atoms with E-state index < -0.39 is 11.6 Å². The lowest BCUT2D eigenvalue weighted by molar-refractivity contribution is -0.169. The quantitative estimate of drug-likeness (QED) is 0.731. The largest absolute Gasteiger partial charge is 0.388 e. The highest BCUT2D eigenvalue weighted by Gasteiger charge is 2.49. The highest BCUT2D eigenvalue weighted by atomic mass is 35.5. The summed E-state index contributed by atoms with van der Waals surface area (Å²) >= 11 is 0. The average Bonchev–Trinajstić information content (AvgIpc) is 2.59. The van der Waals surface area contributed by atoms with Crippen molar-refractivity contribution >= 4 is 18.3 Å². The van der Waals surface area contributed by atoms with E-state index in [0.717, 1.165) is 32.4 Å². The lowest BCUT2D eigenvalue weighted by atomic mass is 9.75. The van der Waals surface area contributed by atoms with E-state index in [4.69, 9.17) is 4.74 Å².